The maximum atomic E-state index is 12.5. The van der Waals surface area contributed by atoms with Gasteiger partial charge in [-0.25, -0.2) is 0 Å². The average Bonchev–Trinajstić information content (AvgIpc) is 3.38. The molecule has 1 N–H and O–H groups in total. The van der Waals surface area contributed by atoms with Crippen LogP contribution in [0.1, 0.15) is 52.8 Å². The van der Waals surface area contributed by atoms with Gasteiger partial charge in [-0.3, -0.25) is 19.3 Å². The van der Waals surface area contributed by atoms with Crippen LogP contribution in [0, 0.1) is 0 Å². The van der Waals surface area contributed by atoms with Crippen molar-refractivity contribution in [2.45, 2.75) is 37.9 Å². The molecular formula is C22H19BrN2O5. The lowest BCUT2D eigenvalue weighted by atomic mass is 10.1. The Morgan fingerprint density at radius 1 is 1.00 bits per heavy atom. The number of carbonyl (C=O) groups excluding carboxylic acids is 3. The maximum absolute atomic E-state index is 12.5. The van der Waals surface area contributed by atoms with Crippen LogP contribution in [-0.4, -0.2) is 35.0 Å². The lowest BCUT2D eigenvalue weighted by Crippen LogP contribution is -2.34. The third-order valence-corrected chi connectivity index (χ3v) is 6.17. The second-order valence-electron chi connectivity index (χ2n) is 7.73. The van der Waals surface area contributed by atoms with E-state index in [0.717, 1.165) is 35.1 Å². The number of anilines is 1. The zero-order valence-electron chi connectivity index (χ0n) is 16.1. The molecule has 5 rings (SSSR count). The molecule has 7 nitrogen and oxygen atoms in total. The van der Waals surface area contributed by atoms with Gasteiger partial charge in [-0.15, -0.1) is 0 Å². The van der Waals surface area contributed by atoms with Crippen LogP contribution in [0.25, 0.3) is 0 Å². The Hall–Kier alpha value is -2.87. The Balaban J connectivity index is 1.21. The minimum absolute atomic E-state index is 0.00498. The van der Waals surface area contributed by atoms with Gasteiger partial charge in [-0.2, -0.15) is 0 Å². The van der Waals surface area contributed by atoms with Crippen molar-refractivity contribution < 1.29 is 23.9 Å². The van der Waals surface area contributed by atoms with E-state index in [-0.39, 0.29) is 30.7 Å². The molecule has 0 unspecified atom stereocenters. The molecule has 8 heteroatoms. The summed E-state index contributed by atoms with van der Waals surface area (Å²) < 4.78 is 12.7. The molecule has 1 saturated carbocycles. The molecule has 0 aromatic heterocycles. The number of carbonyl (C=O) groups is 3. The number of nitrogens with one attached hydrogen (secondary N) is 1. The Bertz CT molecular complexity index is 1080. The Morgan fingerprint density at radius 3 is 2.53 bits per heavy atom. The van der Waals surface area contributed by atoms with Gasteiger partial charge in [0.05, 0.1) is 11.1 Å². The number of benzene rings is 2. The minimum atomic E-state index is -0.550. The molecule has 3 aliphatic rings. The summed E-state index contributed by atoms with van der Waals surface area (Å²) in [6.45, 7) is 0.0173. The number of hydrogen-bond acceptors (Lipinski definition) is 5. The number of rotatable bonds is 4. The van der Waals surface area contributed by atoms with Crippen molar-refractivity contribution in [2.24, 2.45) is 0 Å². The fourth-order valence-electron chi connectivity index (χ4n) is 4.19. The van der Waals surface area contributed by atoms with Crippen LogP contribution in [0.2, 0.25) is 0 Å². The van der Waals surface area contributed by atoms with Gasteiger partial charge >= 0.3 is 0 Å². The van der Waals surface area contributed by atoms with Crippen molar-refractivity contribution in [2.75, 3.05) is 11.9 Å². The quantitative estimate of drug-likeness (QED) is 0.679. The number of hydrogen-bond donors (Lipinski definition) is 1. The van der Waals surface area contributed by atoms with E-state index in [0.29, 0.717) is 28.3 Å². The molecule has 2 aromatic carbocycles. The highest BCUT2D eigenvalue weighted by molar-refractivity contribution is 9.10. The van der Waals surface area contributed by atoms with Crippen molar-refractivity contribution in [3.8, 4) is 11.5 Å². The Morgan fingerprint density at radius 2 is 1.73 bits per heavy atom. The summed E-state index contributed by atoms with van der Waals surface area (Å²) in [5, 5.41) is 2.80. The van der Waals surface area contributed by atoms with Gasteiger partial charge in [0.15, 0.2) is 11.5 Å². The number of nitrogens with zero attached hydrogens (tertiary/aromatic N) is 1. The number of imide groups is 1. The Kier molecular flexibility index (Phi) is 4.54. The zero-order chi connectivity index (χ0) is 20.9. The molecule has 3 amide bonds. The largest absolute Gasteiger partial charge is 0.448 e. The highest BCUT2D eigenvalue weighted by Crippen LogP contribution is 2.47. The molecule has 0 atom stereocenters. The summed E-state index contributed by atoms with van der Waals surface area (Å²) in [6, 6.07) is 10.3. The minimum Gasteiger partial charge on any atom is -0.448 e. The van der Waals surface area contributed by atoms with Gasteiger partial charge in [-0.05, 0) is 43.2 Å². The standard InChI is InChI=1S/C22H19BrN2O5/c23-13-3-5-15-16(11-13)21(28)25(20(15)27)10-7-19(26)24-14-4-6-17-18(12-14)30-22(29-17)8-1-2-9-22/h3-6,11-12H,1-2,7-10H2,(H,24,26). The first kappa shape index (κ1) is 19.1. The average molecular weight is 471 g/mol. The van der Waals surface area contributed by atoms with Crippen LogP contribution in [0.4, 0.5) is 5.69 Å². The molecule has 1 aliphatic carbocycles. The van der Waals surface area contributed by atoms with E-state index in [2.05, 4.69) is 21.2 Å². The van der Waals surface area contributed by atoms with Crippen molar-refractivity contribution in [3.05, 3.63) is 52.0 Å². The first-order valence-electron chi connectivity index (χ1n) is 9.92. The molecule has 1 fully saturated rings. The first-order chi connectivity index (χ1) is 14.4. The number of ether oxygens (including phenoxy) is 2. The highest BCUT2D eigenvalue weighted by Gasteiger charge is 2.44. The van der Waals surface area contributed by atoms with Crippen LogP contribution in [0.5, 0.6) is 11.5 Å². The summed E-state index contributed by atoms with van der Waals surface area (Å²) >= 11 is 3.31. The van der Waals surface area contributed by atoms with Gasteiger partial charge in [0, 0.05) is 42.0 Å². The number of amides is 3. The van der Waals surface area contributed by atoms with Crippen molar-refractivity contribution in [1.29, 1.82) is 0 Å². The lowest BCUT2D eigenvalue weighted by molar-refractivity contribution is -0.116. The third-order valence-electron chi connectivity index (χ3n) is 5.68. The van der Waals surface area contributed by atoms with E-state index in [4.69, 9.17) is 9.47 Å². The van der Waals surface area contributed by atoms with E-state index in [1.54, 1.807) is 36.4 Å². The van der Waals surface area contributed by atoms with E-state index in [9.17, 15) is 14.4 Å². The Labute approximate surface area is 181 Å². The molecule has 2 heterocycles. The predicted molar refractivity (Wildman–Crippen MR) is 112 cm³/mol. The smallest absolute Gasteiger partial charge is 0.261 e. The molecule has 30 heavy (non-hydrogen) atoms. The molecule has 1 spiro atoms. The molecule has 0 saturated heterocycles. The van der Waals surface area contributed by atoms with E-state index >= 15 is 0 Å². The highest BCUT2D eigenvalue weighted by atomic mass is 79.9. The second-order valence-corrected chi connectivity index (χ2v) is 8.65. The van der Waals surface area contributed by atoms with E-state index in [1.165, 1.54) is 0 Å². The monoisotopic (exact) mass is 470 g/mol. The van der Waals surface area contributed by atoms with Gasteiger partial charge in [-0.1, -0.05) is 15.9 Å². The van der Waals surface area contributed by atoms with E-state index in [1.807, 2.05) is 0 Å². The van der Waals surface area contributed by atoms with Crippen LogP contribution in [0.15, 0.2) is 40.9 Å². The maximum Gasteiger partial charge on any atom is 0.261 e. The molecule has 2 aromatic rings. The van der Waals surface area contributed by atoms with Crippen LogP contribution in [0.3, 0.4) is 0 Å². The van der Waals surface area contributed by atoms with Crippen LogP contribution < -0.4 is 14.8 Å². The van der Waals surface area contributed by atoms with E-state index < -0.39 is 5.79 Å². The third kappa shape index (κ3) is 3.25. The van der Waals surface area contributed by atoms with Gasteiger partial charge in [0.1, 0.15) is 0 Å². The molecular weight excluding hydrogens is 452 g/mol. The van der Waals surface area contributed by atoms with Crippen LogP contribution in [-0.2, 0) is 4.79 Å². The lowest BCUT2D eigenvalue weighted by Gasteiger charge is -2.21. The topological polar surface area (TPSA) is 84.9 Å². The number of halogens is 1. The van der Waals surface area contributed by atoms with Crippen LogP contribution >= 0.6 is 15.9 Å². The normalized spacial score (nSPS) is 18.2. The summed E-state index contributed by atoms with van der Waals surface area (Å²) in [5.74, 6) is -0.282. The number of fused-ring (bicyclic) bond motifs is 2. The predicted octanol–water partition coefficient (Wildman–Crippen LogP) is 4.12. The zero-order valence-corrected chi connectivity index (χ0v) is 17.7. The van der Waals surface area contributed by atoms with Gasteiger partial charge in [0.25, 0.3) is 17.6 Å². The van der Waals surface area contributed by atoms with Crippen molar-refractivity contribution >= 4 is 39.3 Å². The van der Waals surface area contributed by atoms with Gasteiger partial charge in [0.2, 0.25) is 5.91 Å². The van der Waals surface area contributed by atoms with Gasteiger partial charge < -0.3 is 14.8 Å². The van der Waals surface area contributed by atoms with Crippen molar-refractivity contribution in [1.82, 2.24) is 4.90 Å². The fraction of sp³-hybridized carbons (Fsp3) is 0.318. The summed E-state index contributed by atoms with van der Waals surface area (Å²) in [4.78, 5) is 38.5. The SMILES string of the molecule is O=C(CCN1C(=O)c2ccc(Br)cc2C1=O)Nc1ccc2c(c1)OC1(CCCC1)O2. The summed E-state index contributed by atoms with van der Waals surface area (Å²) in [7, 11) is 0. The first-order valence-corrected chi connectivity index (χ1v) is 10.7. The molecule has 2 aliphatic heterocycles. The molecule has 0 bridgehead atoms. The summed E-state index contributed by atoms with van der Waals surface area (Å²) in [6.07, 6.45) is 3.88. The molecule has 0 radical (unpaired) electrons. The summed E-state index contributed by atoms with van der Waals surface area (Å²) in [5.41, 5.74) is 1.30. The molecule has 154 valence electrons. The second kappa shape index (κ2) is 7.12. The van der Waals surface area contributed by atoms with Crippen molar-refractivity contribution in [3.63, 3.8) is 0 Å². The fourth-order valence-corrected chi connectivity index (χ4v) is 4.55.